The van der Waals surface area contributed by atoms with Gasteiger partial charge in [-0.1, -0.05) is 23.9 Å². The number of benzene rings is 3. The molecule has 1 amide bonds. The van der Waals surface area contributed by atoms with Crippen molar-refractivity contribution in [2.24, 2.45) is 0 Å². The summed E-state index contributed by atoms with van der Waals surface area (Å²) < 4.78 is 77.2. The van der Waals surface area contributed by atoms with E-state index in [1.807, 2.05) is 6.07 Å². The third-order valence-electron chi connectivity index (χ3n) is 4.20. The molecule has 0 saturated carbocycles. The van der Waals surface area contributed by atoms with E-state index in [0.717, 1.165) is 36.0 Å². The van der Waals surface area contributed by atoms with Crippen LogP contribution in [-0.2, 0) is 12.4 Å². The number of nitriles is 1. The van der Waals surface area contributed by atoms with Crippen LogP contribution in [-0.4, -0.2) is 5.91 Å². The van der Waals surface area contributed by atoms with Crippen LogP contribution in [0.1, 0.15) is 27.0 Å². The number of nitrogens with zero attached hydrogens (tertiary/aromatic N) is 1. The molecule has 0 aliphatic carbocycles. The number of hydrogen-bond donors (Lipinski definition) is 1. The minimum atomic E-state index is -4.60. The van der Waals surface area contributed by atoms with E-state index in [2.05, 4.69) is 5.32 Å². The molecule has 0 spiro atoms. The summed E-state index contributed by atoms with van der Waals surface area (Å²) in [6.07, 6.45) is -9.11. The number of carbonyl (C=O) groups is 1. The standard InChI is InChI=1S/C22H12F6N2OS/c23-21(24,25)15-4-1-3-13(9-15)20(31)30-17-7-8-19(14(10-17)12-29)32-18-6-2-5-16(11-18)22(26,27)28/h1-11H,(H,30,31). The van der Waals surface area contributed by atoms with Gasteiger partial charge in [-0.05, 0) is 54.6 Å². The van der Waals surface area contributed by atoms with Crippen LogP contribution < -0.4 is 5.32 Å². The highest BCUT2D eigenvalue weighted by Gasteiger charge is 2.31. The summed E-state index contributed by atoms with van der Waals surface area (Å²) in [4.78, 5) is 12.9. The van der Waals surface area contributed by atoms with Crippen molar-refractivity contribution in [2.75, 3.05) is 5.32 Å². The Morgan fingerprint density at radius 1 is 0.844 bits per heavy atom. The zero-order chi connectivity index (χ0) is 23.5. The number of hydrogen-bond acceptors (Lipinski definition) is 3. The molecule has 0 aliphatic heterocycles. The second kappa shape index (κ2) is 8.96. The van der Waals surface area contributed by atoms with E-state index >= 15 is 0 Å². The Labute approximate surface area is 182 Å². The van der Waals surface area contributed by atoms with Crippen molar-refractivity contribution in [1.29, 1.82) is 5.26 Å². The van der Waals surface area contributed by atoms with Gasteiger partial charge in [0, 0.05) is 21.0 Å². The van der Waals surface area contributed by atoms with E-state index in [1.165, 1.54) is 36.4 Å². The lowest BCUT2D eigenvalue weighted by molar-refractivity contribution is -0.138. The summed E-state index contributed by atoms with van der Waals surface area (Å²) in [6, 6.07) is 14.5. The van der Waals surface area contributed by atoms with Gasteiger partial charge in [-0.15, -0.1) is 0 Å². The van der Waals surface area contributed by atoms with Crippen LogP contribution in [0.3, 0.4) is 0 Å². The predicted octanol–water partition coefficient (Wildman–Crippen LogP) is 7.00. The number of halogens is 6. The molecule has 0 saturated heterocycles. The Hall–Kier alpha value is -3.45. The molecular weight excluding hydrogens is 454 g/mol. The van der Waals surface area contributed by atoms with Gasteiger partial charge in [-0.25, -0.2) is 0 Å². The zero-order valence-corrected chi connectivity index (χ0v) is 16.7. The molecule has 3 aromatic carbocycles. The van der Waals surface area contributed by atoms with Gasteiger partial charge < -0.3 is 5.32 Å². The smallest absolute Gasteiger partial charge is 0.322 e. The number of amides is 1. The molecule has 0 unspecified atom stereocenters. The SMILES string of the molecule is N#Cc1cc(NC(=O)c2cccc(C(F)(F)F)c2)ccc1Sc1cccc(C(F)(F)F)c1. The molecule has 0 radical (unpaired) electrons. The minimum absolute atomic E-state index is 0.0780. The minimum Gasteiger partial charge on any atom is -0.322 e. The summed E-state index contributed by atoms with van der Waals surface area (Å²) >= 11 is 0.938. The first kappa shape index (κ1) is 23.2. The van der Waals surface area contributed by atoms with Gasteiger partial charge in [0.2, 0.25) is 0 Å². The molecule has 0 fully saturated rings. The molecule has 3 rings (SSSR count). The lowest BCUT2D eigenvalue weighted by Crippen LogP contribution is -2.14. The number of rotatable bonds is 4. The fourth-order valence-corrected chi connectivity index (χ4v) is 3.62. The first-order chi connectivity index (χ1) is 15.0. The van der Waals surface area contributed by atoms with Gasteiger partial charge >= 0.3 is 12.4 Å². The van der Waals surface area contributed by atoms with Gasteiger partial charge in [0.1, 0.15) is 6.07 Å². The number of nitrogens with one attached hydrogen (secondary N) is 1. The van der Waals surface area contributed by atoms with Crippen LogP contribution in [0.2, 0.25) is 0 Å². The van der Waals surface area contributed by atoms with Gasteiger partial charge in [0.25, 0.3) is 5.91 Å². The molecule has 32 heavy (non-hydrogen) atoms. The number of alkyl halides is 6. The fraction of sp³-hybridized carbons (Fsp3) is 0.0909. The quantitative estimate of drug-likeness (QED) is 0.421. The summed E-state index contributed by atoms with van der Waals surface area (Å²) in [5.41, 5.74) is -1.80. The molecule has 10 heteroatoms. The molecule has 3 nitrogen and oxygen atoms in total. The normalized spacial score (nSPS) is 11.7. The Bertz CT molecular complexity index is 1200. The Morgan fingerprint density at radius 2 is 1.47 bits per heavy atom. The molecule has 0 aliphatic rings. The summed E-state index contributed by atoms with van der Waals surface area (Å²) in [7, 11) is 0. The summed E-state index contributed by atoms with van der Waals surface area (Å²) in [5, 5.41) is 11.8. The molecule has 0 heterocycles. The van der Waals surface area contributed by atoms with Gasteiger partial charge in [0.05, 0.1) is 16.7 Å². The monoisotopic (exact) mass is 466 g/mol. The first-order valence-electron chi connectivity index (χ1n) is 8.85. The van der Waals surface area contributed by atoms with Crippen LogP contribution in [0.25, 0.3) is 0 Å². The van der Waals surface area contributed by atoms with Crippen molar-refractivity contribution >= 4 is 23.4 Å². The maximum Gasteiger partial charge on any atom is 0.416 e. The van der Waals surface area contributed by atoms with Gasteiger partial charge in [-0.2, -0.15) is 31.6 Å². The maximum atomic E-state index is 12.9. The van der Waals surface area contributed by atoms with E-state index in [-0.39, 0.29) is 21.7 Å². The molecule has 0 atom stereocenters. The van der Waals surface area contributed by atoms with E-state index < -0.39 is 29.4 Å². The second-order valence-corrected chi connectivity index (χ2v) is 7.60. The molecule has 164 valence electrons. The molecule has 3 aromatic rings. The van der Waals surface area contributed by atoms with Crippen molar-refractivity contribution in [3.8, 4) is 6.07 Å². The summed E-state index contributed by atoms with van der Waals surface area (Å²) in [5.74, 6) is -0.807. The van der Waals surface area contributed by atoms with Crippen LogP contribution in [0, 0.1) is 11.3 Å². The maximum absolute atomic E-state index is 12.9. The van der Waals surface area contributed by atoms with Crippen LogP contribution in [0.4, 0.5) is 32.0 Å². The van der Waals surface area contributed by atoms with Crippen molar-refractivity contribution in [3.05, 3.63) is 89.0 Å². The highest BCUT2D eigenvalue weighted by atomic mass is 32.2. The average Bonchev–Trinajstić information content (AvgIpc) is 2.74. The Kier molecular flexibility index (Phi) is 6.50. The van der Waals surface area contributed by atoms with Crippen LogP contribution in [0.5, 0.6) is 0 Å². The van der Waals surface area contributed by atoms with Gasteiger partial charge in [-0.3, -0.25) is 4.79 Å². The lowest BCUT2D eigenvalue weighted by atomic mass is 10.1. The molecule has 0 aromatic heterocycles. The summed E-state index contributed by atoms with van der Waals surface area (Å²) in [6.45, 7) is 0. The van der Waals surface area contributed by atoms with E-state index in [4.69, 9.17) is 0 Å². The molecule has 0 bridgehead atoms. The van der Waals surface area contributed by atoms with Crippen molar-refractivity contribution in [2.45, 2.75) is 22.1 Å². The fourth-order valence-electron chi connectivity index (χ4n) is 2.69. The highest BCUT2D eigenvalue weighted by Crippen LogP contribution is 2.36. The Morgan fingerprint density at radius 3 is 2.09 bits per heavy atom. The third-order valence-corrected chi connectivity index (χ3v) is 5.26. The van der Waals surface area contributed by atoms with E-state index in [0.29, 0.717) is 11.0 Å². The highest BCUT2D eigenvalue weighted by molar-refractivity contribution is 7.99. The van der Waals surface area contributed by atoms with Crippen molar-refractivity contribution in [1.82, 2.24) is 0 Å². The molecular formula is C22H12F6N2OS. The van der Waals surface area contributed by atoms with Crippen LogP contribution in [0.15, 0.2) is 76.5 Å². The predicted molar refractivity (Wildman–Crippen MR) is 106 cm³/mol. The lowest BCUT2D eigenvalue weighted by Gasteiger charge is -2.11. The number of anilines is 1. The van der Waals surface area contributed by atoms with Crippen molar-refractivity contribution in [3.63, 3.8) is 0 Å². The Balaban J connectivity index is 1.81. The third kappa shape index (κ3) is 5.62. The van der Waals surface area contributed by atoms with Gasteiger partial charge in [0.15, 0.2) is 0 Å². The zero-order valence-electron chi connectivity index (χ0n) is 15.9. The number of carbonyl (C=O) groups excluding carboxylic acids is 1. The van der Waals surface area contributed by atoms with Crippen molar-refractivity contribution < 1.29 is 31.1 Å². The van der Waals surface area contributed by atoms with Crippen LogP contribution >= 0.6 is 11.8 Å². The van der Waals surface area contributed by atoms with E-state index in [1.54, 1.807) is 0 Å². The van der Waals surface area contributed by atoms with E-state index in [9.17, 15) is 36.4 Å². The first-order valence-corrected chi connectivity index (χ1v) is 9.67. The topological polar surface area (TPSA) is 52.9 Å². The average molecular weight is 466 g/mol. The second-order valence-electron chi connectivity index (χ2n) is 6.48. The largest absolute Gasteiger partial charge is 0.416 e. The molecule has 1 N–H and O–H groups in total.